The number of carbonyl (C=O) groups is 9. The Kier molecular flexibility index (Phi) is 18.0. The summed E-state index contributed by atoms with van der Waals surface area (Å²) >= 11 is -4.88. The average molecular weight is 679 g/mol. The van der Waals surface area contributed by atoms with Crippen LogP contribution in [0.25, 0.3) is 0 Å². The van der Waals surface area contributed by atoms with Gasteiger partial charge in [-0.25, -0.2) is 14.4 Å². The van der Waals surface area contributed by atoms with Crippen LogP contribution in [0.5, 0.6) is 0 Å². The van der Waals surface area contributed by atoms with Crippen molar-refractivity contribution in [2.24, 2.45) is 0 Å². The average Bonchev–Trinajstić information content (AvgIpc) is 2.98. The van der Waals surface area contributed by atoms with Gasteiger partial charge < -0.3 is 39.8 Å². The van der Waals surface area contributed by atoms with Crippen molar-refractivity contribution in [2.75, 3.05) is 39.6 Å². The van der Waals surface area contributed by atoms with Crippen LogP contribution in [0.4, 0.5) is 0 Å². The molecule has 0 saturated heterocycles. The van der Waals surface area contributed by atoms with Crippen molar-refractivity contribution < 1.29 is 82.9 Å². The first-order valence-corrected chi connectivity index (χ1v) is 15.5. The summed E-state index contributed by atoms with van der Waals surface area (Å²) in [6, 6.07) is 0. The minimum absolute atomic E-state index is 0.323. The lowest BCUT2D eigenvalue weighted by molar-refractivity contribution is -0.223. The molecule has 0 N–H and O–H groups in total. The van der Waals surface area contributed by atoms with Crippen LogP contribution >= 0.6 is 0 Å². The molecule has 258 valence electrons. The predicted octanol–water partition coefficient (Wildman–Crippen LogP) is -0.617. The maximum atomic E-state index is 13.1. The molecule has 46 heavy (non-hydrogen) atoms. The third-order valence-corrected chi connectivity index (χ3v) is 6.76. The summed E-state index contributed by atoms with van der Waals surface area (Å²) in [4.78, 5) is 115. The van der Waals surface area contributed by atoms with Gasteiger partial charge in [-0.05, 0) is 41.5 Å². The maximum Gasteiger partial charge on any atom is 1.20 e. The number of hydrogen-bond donors (Lipinski definition) is 0. The van der Waals surface area contributed by atoms with Crippen molar-refractivity contribution in [2.45, 2.75) is 79.7 Å². The molecular formula is C27H39AlO18. The van der Waals surface area contributed by atoms with E-state index < -0.39 is 85.1 Å². The first-order chi connectivity index (χ1) is 21.5. The van der Waals surface area contributed by atoms with Crippen molar-refractivity contribution in [3.63, 3.8) is 0 Å². The van der Waals surface area contributed by atoms with E-state index in [0.717, 1.165) is 20.8 Å². The summed E-state index contributed by atoms with van der Waals surface area (Å²) in [5, 5.41) is 0. The zero-order valence-electron chi connectivity index (χ0n) is 27.2. The monoisotopic (exact) mass is 678 g/mol. The van der Waals surface area contributed by atoms with E-state index in [4.69, 9.17) is 39.8 Å². The smallest absolute Gasteiger partial charge is 0.545 e. The molecule has 0 aromatic heterocycles. The van der Waals surface area contributed by atoms with Crippen LogP contribution in [0, 0.1) is 0 Å². The van der Waals surface area contributed by atoms with E-state index in [1.807, 2.05) is 0 Å². The molecular weight excluding hydrogens is 639 g/mol. The number of carbonyl (C=O) groups excluding carboxylic acids is 9. The molecule has 0 bridgehead atoms. The summed E-state index contributed by atoms with van der Waals surface area (Å²) in [5.74, 6) is -23.3. The van der Waals surface area contributed by atoms with E-state index >= 15 is 0 Å². The highest BCUT2D eigenvalue weighted by atomic mass is 27.3. The molecule has 0 rings (SSSR count). The van der Waals surface area contributed by atoms with Gasteiger partial charge in [0, 0.05) is 60.4 Å². The van der Waals surface area contributed by atoms with E-state index in [2.05, 4.69) is 0 Å². The van der Waals surface area contributed by atoms with Gasteiger partial charge in [-0.15, -0.1) is 0 Å². The quantitative estimate of drug-likeness (QED) is 0.0535. The zero-order chi connectivity index (χ0) is 35.9. The second kappa shape index (κ2) is 19.4. The predicted molar refractivity (Wildman–Crippen MR) is 149 cm³/mol. The standard InChI is InChI=1S/3C9H14O6.Al/c3*1-4-14-9(6(3)10,15-5-2)7(11)8(12)13;/h3*4-5H2,1-3H3,(H,12,13);/q;;;+3/p-3. The molecule has 0 aliphatic heterocycles. The largest absolute Gasteiger partial charge is 1.20 e. The van der Waals surface area contributed by atoms with Gasteiger partial charge in [0.05, 0.1) is 0 Å². The molecule has 18 nitrogen and oxygen atoms in total. The van der Waals surface area contributed by atoms with Gasteiger partial charge in [0.2, 0.25) is 0 Å². The molecule has 0 aromatic rings. The molecule has 0 spiro atoms. The van der Waals surface area contributed by atoms with Gasteiger partial charge >= 0.3 is 67.8 Å². The van der Waals surface area contributed by atoms with Crippen molar-refractivity contribution in [1.82, 2.24) is 0 Å². The van der Waals surface area contributed by atoms with Gasteiger partial charge in [-0.1, -0.05) is 0 Å². The van der Waals surface area contributed by atoms with Gasteiger partial charge in [0.15, 0.2) is 17.3 Å². The Bertz CT molecular complexity index is 1020. The van der Waals surface area contributed by atoms with Crippen molar-refractivity contribution in [3.05, 3.63) is 0 Å². The van der Waals surface area contributed by atoms with Crippen LogP contribution in [0.1, 0.15) is 62.3 Å². The maximum absolute atomic E-state index is 13.1. The van der Waals surface area contributed by atoms with Crippen molar-refractivity contribution in [3.8, 4) is 0 Å². The summed E-state index contributed by atoms with van der Waals surface area (Å²) in [6.45, 7) is 8.82. The van der Waals surface area contributed by atoms with E-state index in [1.165, 1.54) is 41.5 Å². The summed E-state index contributed by atoms with van der Waals surface area (Å²) in [6.07, 6.45) is 0. The van der Waals surface area contributed by atoms with Crippen LogP contribution < -0.4 is 0 Å². The number of ketones is 6. The molecule has 0 fully saturated rings. The fourth-order valence-corrected chi connectivity index (χ4v) is 4.72. The fourth-order valence-electron chi connectivity index (χ4n) is 3.73. The Labute approximate surface area is 269 Å². The van der Waals surface area contributed by atoms with Crippen LogP contribution in [0.15, 0.2) is 0 Å². The highest BCUT2D eigenvalue weighted by molar-refractivity contribution is 6.57. The normalized spacial score (nSPS) is 11.7. The lowest BCUT2D eigenvalue weighted by Gasteiger charge is -2.29. The molecule has 0 amide bonds. The Morgan fingerprint density at radius 2 is 0.565 bits per heavy atom. The molecule has 0 radical (unpaired) electrons. The van der Waals surface area contributed by atoms with Gasteiger partial charge in [0.25, 0.3) is 0 Å². The third-order valence-electron chi connectivity index (χ3n) is 5.54. The van der Waals surface area contributed by atoms with E-state index in [1.54, 1.807) is 0 Å². The SMILES string of the molecule is CCOC(OCC)(C(C)=O)C(=O)C(=O)[O][Al]([O]C(=O)C(=O)C(OCC)(OCC)C(C)=O)[O]C(=O)C(=O)C(OCC)(OCC)C(C)=O. The molecule has 0 heterocycles. The molecule has 0 unspecified atom stereocenters. The lowest BCUT2D eigenvalue weighted by atomic mass is 10.1. The van der Waals surface area contributed by atoms with Gasteiger partial charge in [-0.3, -0.25) is 28.8 Å². The van der Waals surface area contributed by atoms with Gasteiger partial charge in [0.1, 0.15) is 0 Å². The fraction of sp³-hybridized carbons (Fsp3) is 0.667. The second-order valence-electron chi connectivity index (χ2n) is 8.61. The number of hydrogen-bond acceptors (Lipinski definition) is 18. The van der Waals surface area contributed by atoms with Crippen LogP contribution in [-0.4, -0.2) is 125 Å². The summed E-state index contributed by atoms with van der Waals surface area (Å²) in [5.41, 5.74) is 0. The second-order valence-corrected chi connectivity index (χ2v) is 9.89. The minimum Gasteiger partial charge on any atom is -0.545 e. The molecule has 0 saturated carbocycles. The van der Waals surface area contributed by atoms with Crippen molar-refractivity contribution >= 4 is 67.8 Å². The Hall–Kier alpha value is -3.28. The van der Waals surface area contributed by atoms with Gasteiger partial charge in [-0.2, -0.15) is 0 Å². The third kappa shape index (κ3) is 9.86. The van der Waals surface area contributed by atoms with Crippen LogP contribution in [-0.2, 0) is 82.9 Å². The molecule has 0 aliphatic rings. The number of Topliss-reactive ketones (excluding diaryl/α,β-unsaturated/α-hetero) is 6. The van der Waals surface area contributed by atoms with Crippen LogP contribution in [0.3, 0.4) is 0 Å². The molecule has 0 aromatic carbocycles. The van der Waals surface area contributed by atoms with E-state index in [0.29, 0.717) is 0 Å². The first-order valence-electron chi connectivity index (χ1n) is 14.1. The Morgan fingerprint density at radius 1 is 0.391 bits per heavy atom. The highest BCUT2D eigenvalue weighted by Gasteiger charge is 2.60. The number of ether oxygens (including phenoxy) is 6. The molecule has 0 atom stereocenters. The highest BCUT2D eigenvalue weighted by Crippen LogP contribution is 2.22. The lowest BCUT2D eigenvalue weighted by Crippen LogP contribution is -2.57. The molecule has 0 aliphatic carbocycles. The van der Waals surface area contributed by atoms with Crippen LogP contribution in [0.2, 0.25) is 0 Å². The zero-order valence-corrected chi connectivity index (χ0v) is 28.3. The van der Waals surface area contributed by atoms with Crippen molar-refractivity contribution in [1.29, 1.82) is 0 Å². The Morgan fingerprint density at radius 3 is 0.696 bits per heavy atom. The topological polar surface area (TPSA) is 237 Å². The first kappa shape index (κ1) is 42.7. The summed E-state index contributed by atoms with van der Waals surface area (Å²) < 4.78 is 45.1. The molecule has 19 heteroatoms. The number of rotatable bonds is 24. The van der Waals surface area contributed by atoms with E-state index in [9.17, 15) is 43.2 Å². The summed E-state index contributed by atoms with van der Waals surface area (Å²) in [7, 11) is 0. The van der Waals surface area contributed by atoms with E-state index in [-0.39, 0.29) is 39.6 Å². The minimum atomic E-state index is -4.88. The Balaban J connectivity index is 6.86.